The standard InChI is InChI=1S/C23H21N5O3/c1-15-11-21(16(2)28(15)19-5-4-10-24-13-19)23(30)31-20-8-6-18(7-9-20)26-22(29)17-12-25-27(3)14-17/h4-14H,1-3H3,(H,26,29). The van der Waals surface area contributed by atoms with E-state index in [0.717, 1.165) is 17.1 Å². The number of hydrogen-bond donors (Lipinski definition) is 1. The molecule has 0 saturated heterocycles. The smallest absolute Gasteiger partial charge is 0.345 e. The highest BCUT2D eigenvalue weighted by molar-refractivity contribution is 6.04. The number of aryl methyl sites for hydroxylation is 2. The van der Waals surface area contributed by atoms with Gasteiger partial charge in [-0.15, -0.1) is 0 Å². The minimum atomic E-state index is -0.449. The fourth-order valence-electron chi connectivity index (χ4n) is 3.36. The van der Waals surface area contributed by atoms with Crippen LogP contribution in [-0.2, 0) is 7.05 Å². The molecular weight excluding hydrogens is 394 g/mol. The fourth-order valence-corrected chi connectivity index (χ4v) is 3.36. The first-order valence-electron chi connectivity index (χ1n) is 9.64. The molecule has 0 unspecified atom stereocenters. The van der Waals surface area contributed by atoms with E-state index >= 15 is 0 Å². The van der Waals surface area contributed by atoms with Crippen molar-refractivity contribution in [2.45, 2.75) is 13.8 Å². The van der Waals surface area contributed by atoms with Crippen LogP contribution in [0, 0.1) is 13.8 Å². The van der Waals surface area contributed by atoms with Crippen LogP contribution in [-0.4, -0.2) is 31.2 Å². The van der Waals surface area contributed by atoms with Crippen LogP contribution in [0.1, 0.15) is 32.1 Å². The summed E-state index contributed by atoms with van der Waals surface area (Å²) < 4.78 is 9.06. The zero-order valence-corrected chi connectivity index (χ0v) is 17.4. The molecule has 4 aromatic rings. The quantitative estimate of drug-likeness (QED) is 0.396. The van der Waals surface area contributed by atoms with Gasteiger partial charge < -0.3 is 14.6 Å². The molecule has 8 nitrogen and oxygen atoms in total. The second-order valence-corrected chi connectivity index (χ2v) is 7.10. The molecule has 4 rings (SSSR count). The van der Waals surface area contributed by atoms with E-state index < -0.39 is 5.97 Å². The molecule has 0 fully saturated rings. The van der Waals surface area contributed by atoms with E-state index in [1.165, 1.54) is 6.20 Å². The fraction of sp³-hybridized carbons (Fsp3) is 0.130. The van der Waals surface area contributed by atoms with Gasteiger partial charge in [-0.3, -0.25) is 14.5 Å². The number of aromatic nitrogens is 4. The molecule has 1 N–H and O–H groups in total. The van der Waals surface area contributed by atoms with Gasteiger partial charge >= 0.3 is 5.97 Å². The maximum Gasteiger partial charge on any atom is 0.345 e. The maximum absolute atomic E-state index is 12.8. The van der Waals surface area contributed by atoms with Gasteiger partial charge in [0.25, 0.3) is 5.91 Å². The van der Waals surface area contributed by atoms with Crippen molar-refractivity contribution in [3.63, 3.8) is 0 Å². The monoisotopic (exact) mass is 415 g/mol. The minimum absolute atomic E-state index is 0.263. The van der Waals surface area contributed by atoms with Crippen molar-refractivity contribution in [2.75, 3.05) is 5.32 Å². The number of carbonyl (C=O) groups is 2. The predicted octanol–water partition coefficient (Wildman–Crippen LogP) is 3.69. The minimum Gasteiger partial charge on any atom is -0.423 e. The first-order valence-corrected chi connectivity index (χ1v) is 9.64. The molecule has 0 saturated carbocycles. The van der Waals surface area contributed by atoms with Crippen molar-refractivity contribution in [1.82, 2.24) is 19.3 Å². The number of rotatable bonds is 5. The van der Waals surface area contributed by atoms with Gasteiger partial charge in [0.2, 0.25) is 0 Å². The molecular formula is C23H21N5O3. The van der Waals surface area contributed by atoms with Crippen molar-refractivity contribution >= 4 is 17.6 Å². The Morgan fingerprint density at radius 1 is 1.06 bits per heavy atom. The molecule has 0 aliphatic rings. The van der Waals surface area contributed by atoms with Gasteiger partial charge in [-0.05, 0) is 56.3 Å². The third-order valence-electron chi connectivity index (χ3n) is 4.84. The summed E-state index contributed by atoms with van der Waals surface area (Å²) in [5.41, 5.74) is 4.09. The molecule has 0 aliphatic heterocycles. The second-order valence-electron chi connectivity index (χ2n) is 7.10. The molecule has 0 spiro atoms. The molecule has 0 aliphatic carbocycles. The topological polar surface area (TPSA) is 91.0 Å². The van der Waals surface area contributed by atoms with Crippen molar-refractivity contribution in [3.8, 4) is 11.4 Å². The lowest BCUT2D eigenvalue weighted by molar-refractivity contribution is 0.0733. The zero-order chi connectivity index (χ0) is 22.0. The Bertz CT molecular complexity index is 1240. The van der Waals surface area contributed by atoms with E-state index in [0.29, 0.717) is 22.6 Å². The van der Waals surface area contributed by atoms with Crippen molar-refractivity contribution in [1.29, 1.82) is 0 Å². The van der Waals surface area contributed by atoms with Crippen LogP contribution < -0.4 is 10.1 Å². The van der Waals surface area contributed by atoms with Crippen LogP contribution in [0.3, 0.4) is 0 Å². The highest BCUT2D eigenvalue weighted by atomic mass is 16.5. The molecule has 31 heavy (non-hydrogen) atoms. The normalized spacial score (nSPS) is 10.7. The Balaban J connectivity index is 1.46. The summed E-state index contributed by atoms with van der Waals surface area (Å²) in [5.74, 6) is -0.327. The van der Waals surface area contributed by atoms with Gasteiger partial charge in [0.1, 0.15) is 5.75 Å². The number of benzene rings is 1. The number of ether oxygens (including phenoxy) is 1. The number of amides is 1. The number of carbonyl (C=O) groups excluding carboxylic acids is 2. The molecule has 0 bridgehead atoms. The van der Waals surface area contributed by atoms with Crippen LogP contribution in [0.4, 0.5) is 5.69 Å². The van der Waals surface area contributed by atoms with E-state index in [-0.39, 0.29) is 5.91 Å². The molecule has 3 heterocycles. The summed E-state index contributed by atoms with van der Waals surface area (Å²) in [7, 11) is 1.74. The van der Waals surface area contributed by atoms with Crippen LogP contribution >= 0.6 is 0 Å². The average molecular weight is 415 g/mol. The zero-order valence-electron chi connectivity index (χ0n) is 17.4. The number of anilines is 1. The molecule has 0 atom stereocenters. The van der Waals surface area contributed by atoms with Crippen LogP contribution in [0.2, 0.25) is 0 Å². The summed E-state index contributed by atoms with van der Waals surface area (Å²) in [6, 6.07) is 12.2. The summed E-state index contributed by atoms with van der Waals surface area (Å²) in [6.45, 7) is 3.80. The third kappa shape index (κ3) is 4.23. The molecule has 156 valence electrons. The lowest BCUT2D eigenvalue weighted by Crippen LogP contribution is -2.12. The third-order valence-corrected chi connectivity index (χ3v) is 4.84. The maximum atomic E-state index is 12.8. The number of nitrogens with one attached hydrogen (secondary N) is 1. The number of pyridine rings is 1. The molecule has 0 radical (unpaired) electrons. The molecule has 1 amide bonds. The van der Waals surface area contributed by atoms with Crippen molar-refractivity contribution in [3.05, 3.63) is 89.8 Å². The molecule has 8 heteroatoms. The SMILES string of the molecule is Cc1cc(C(=O)Oc2ccc(NC(=O)c3cnn(C)c3)cc2)c(C)n1-c1cccnc1. The van der Waals surface area contributed by atoms with Gasteiger partial charge in [0.15, 0.2) is 0 Å². The van der Waals surface area contributed by atoms with Crippen molar-refractivity contribution in [2.24, 2.45) is 7.05 Å². The van der Waals surface area contributed by atoms with Crippen LogP contribution in [0.5, 0.6) is 5.75 Å². The number of hydrogen-bond acceptors (Lipinski definition) is 5. The Hall–Kier alpha value is -4.20. The van der Waals surface area contributed by atoms with Crippen LogP contribution in [0.25, 0.3) is 5.69 Å². The number of esters is 1. The Labute approximate surface area is 179 Å². The van der Waals surface area contributed by atoms with Crippen molar-refractivity contribution < 1.29 is 14.3 Å². The Morgan fingerprint density at radius 2 is 1.84 bits per heavy atom. The van der Waals surface area contributed by atoms with Gasteiger partial charge in [-0.2, -0.15) is 5.10 Å². The Morgan fingerprint density at radius 3 is 2.48 bits per heavy atom. The van der Waals surface area contributed by atoms with E-state index in [9.17, 15) is 9.59 Å². The predicted molar refractivity (Wildman–Crippen MR) is 116 cm³/mol. The Kier molecular flexibility index (Phi) is 5.36. The lowest BCUT2D eigenvalue weighted by Gasteiger charge is -2.09. The van der Waals surface area contributed by atoms with Gasteiger partial charge in [-0.1, -0.05) is 0 Å². The van der Waals surface area contributed by atoms with Gasteiger partial charge in [-0.25, -0.2) is 4.79 Å². The first-order chi connectivity index (χ1) is 14.9. The molecule has 3 aromatic heterocycles. The van der Waals surface area contributed by atoms with E-state index in [2.05, 4.69) is 15.4 Å². The van der Waals surface area contributed by atoms with E-state index in [1.54, 1.807) is 60.7 Å². The average Bonchev–Trinajstić information content (AvgIpc) is 3.33. The highest BCUT2D eigenvalue weighted by Crippen LogP contribution is 2.23. The largest absolute Gasteiger partial charge is 0.423 e. The van der Waals surface area contributed by atoms with Gasteiger partial charge in [0.05, 0.1) is 29.2 Å². The highest BCUT2D eigenvalue weighted by Gasteiger charge is 2.19. The summed E-state index contributed by atoms with van der Waals surface area (Å²) in [5, 5.41) is 6.76. The summed E-state index contributed by atoms with van der Waals surface area (Å²) in [4.78, 5) is 29.1. The second kappa shape index (κ2) is 8.27. The van der Waals surface area contributed by atoms with Crippen LogP contribution in [0.15, 0.2) is 67.3 Å². The lowest BCUT2D eigenvalue weighted by atomic mass is 10.2. The van der Waals surface area contributed by atoms with E-state index in [1.807, 2.05) is 30.5 Å². The molecule has 1 aromatic carbocycles. The summed E-state index contributed by atoms with van der Waals surface area (Å²) >= 11 is 0. The van der Waals surface area contributed by atoms with E-state index in [4.69, 9.17) is 4.74 Å². The van der Waals surface area contributed by atoms with Gasteiger partial charge in [0, 0.05) is 36.5 Å². The first kappa shape index (κ1) is 20.1. The summed E-state index contributed by atoms with van der Waals surface area (Å²) in [6.07, 6.45) is 6.57. The number of nitrogens with zero attached hydrogens (tertiary/aromatic N) is 4.